The average Bonchev–Trinajstić information content (AvgIpc) is 2.76. The van der Waals surface area contributed by atoms with Crippen LogP contribution in [0.3, 0.4) is 0 Å². The molecule has 1 aromatic heterocycles. The zero-order chi connectivity index (χ0) is 10.5. The van der Waals surface area contributed by atoms with Gasteiger partial charge in [0.1, 0.15) is 5.76 Å². The highest BCUT2D eigenvalue weighted by molar-refractivity contribution is 5.85. The second-order valence-electron chi connectivity index (χ2n) is 3.63. The molecule has 1 aromatic rings. The maximum absolute atomic E-state index is 8.17. The van der Waals surface area contributed by atoms with E-state index in [1.54, 1.807) is 0 Å². The molecule has 0 amide bonds. The summed E-state index contributed by atoms with van der Waals surface area (Å²) >= 11 is 0. The van der Waals surface area contributed by atoms with Gasteiger partial charge in [-0.05, 0) is 31.5 Å². The fourth-order valence-electron chi connectivity index (χ4n) is 1.81. The topological polar surface area (TPSA) is 86.8 Å². The van der Waals surface area contributed by atoms with Gasteiger partial charge in [-0.3, -0.25) is 0 Å². The summed E-state index contributed by atoms with van der Waals surface area (Å²) in [6, 6.07) is 1.89. The summed E-state index contributed by atoms with van der Waals surface area (Å²) in [5, 5.41) is 10.7. The van der Waals surface area contributed by atoms with Crippen molar-refractivity contribution >= 4 is 12.4 Å². The number of piperidine rings is 1. The van der Waals surface area contributed by atoms with Crippen LogP contribution in [0.1, 0.15) is 30.2 Å². The first kappa shape index (κ1) is 12.8. The lowest BCUT2D eigenvalue weighted by Crippen LogP contribution is -2.26. The van der Waals surface area contributed by atoms with Crippen LogP contribution in [-0.2, 0) is 6.54 Å². The number of nitrogens with one attached hydrogen (secondary N) is 1. The molecular formula is C9H14ClN5O. The van der Waals surface area contributed by atoms with Gasteiger partial charge in [-0.25, -0.2) is 0 Å². The average molecular weight is 244 g/mol. The van der Waals surface area contributed by atoms with Crippen LogP contribution < -0.4 is 5.32 Å². The quantitative estimate of drug-likeness (QED) is 0.502. The largest absolute Gasteiger partial charge is 0.361 e. The van der Waals surface area contributed by atoms with E-state index in [-0.39, 0.29) is 19.0 Å². The molecule has 0 aromatic carbocycles. The van der Waals surface area contributed by atoms with Crippen molar-refractivity contribution < 1.29 is 4.52 Å². The fourth-order valence-corrected chi connectivity index (χ4v) is 1.81. The van der Waals surface area contributed by atoms with Crippen LogP contribution in [0, 0.1) is 0 Å². The third-order valence-electron chi connectivity index (χ3n) is 2.62. The molecule has 0 bridgehead atoms. The summed E-state index contributed by atoms with van der Waals surface area (Å²) in [4.78, 5) is 2.68. The molecule has 16 heavy (non-hydrogen) atoms. The van der Waals surface area contributed by atoms with Gasteiger partial charge in [-0.15, -0.1) is 12.4 Å². The maximum Gasteiger partial charge on any atom is 0.142 e. The van der Waals surface area contributed by atoms with E-state index in [4.69, 9.17) is 10.1 Å². The first-order valence-electron chi connectivity index (χ1n) is 5.07. The van der Waals surface area contributed by atoms with E-state index in [9.17, 15) is 0 Å². The van der Waals surface area contributed by atoms with Gasteiger partial charge in [0.05, 0.1) is 12.2 Å². The molecule has 6 nitrogen and oxygen atoms in total. The minimum atomic E-state index is 0. The summed E-state index contributed by atoms with van der Waals surface area (Å²) in [7, 11) is 0. The number of hydrogen-bond donors (Lipinski definition) is 1. The highest BCUT2D eigenvalue weighted by Crippen LogP contribution is 2.24. The van der Waals surface area contributed by atoms with E-state index in [2.05, 4.69) is 20.5 Å². The molecule has 1 aliphatic heterocycles. The van der Waals surface area contributed by atoms with Crippen molar-refractivity contribution in [1.29, 1.82) is 0 Å². The Morgan fingerprint density at radius 3 is 3.00 bits per heavy atom. The van der Waals surface area contributed by atoms with Crippen molar-refractivity contribution in [2.75, 3.05) is 13.1 Å². The number of rotatable bonds is 3. The molecule has 1 aliphatic rings. The summed E-state index contributed by atoms with van der Waals surface area (Å²) in [6.07, 6.45) is 2.18. The van der Waals surface area contributed by atoms with Crippen molar-refractivity contribution in [2.24, 2.45) is 5.11 Å². The predicted molar refractivity (Wildman–Crippen MR) is 61.4 cm³/mol. The third-order valence-corrected chi connectivity index (χ3v) is 2.62. The molecule has 0 aliphatic carbocycles. The molecule has 2 rings (SSSR count). The van der Waals surface area contributed by atoms with Gasteiger partial charge < -0.3 is 9.84 Å². The zero-order valence-electron chi connectivity index (χ0n) is 8.80. The molecular weight excluding hydrogens is 230 g/mol. The number of aromatic nitrogens is 1. The minimum Gasteiger partial charge on any atom is -0.361 e. The van der Waals surface area contributed by atoms with E-state index in [1.807, 2.05) is 6.07 Å². The van der Waals surface area contributed by atoms with E-state index in [0.29, 0.717) is 11.7 Å². The van der Waals surface area contributed by atoms with Gasteiger partial charge in [0.15, 0.2) is 0 Å². The van der Waals surface area contributed by atoms with Crippen LogP contribution >= 0.6 is 12.4 Å². The Bertz CT molecular complexity index is 368. The van der Waals surface area contributed by atoms with Gasteiger partial charge >= 0.3 is 0 Å². The molecule has 1 saturated heterocycles. The smallest absolute Gasteiger partial charge is 0.142 e. The van der Waals surface area contributed by atoms with Crippen molar-refractivity contribution in [3.05, 3.63) is 28.0 Å². The fraction of sp³-hybridized carbons (Fsp3) is 0.667. The minimum absolute atomic E-state index is 0. The normalized spacial score (nSPS) is 16.2. The van der Waals surface area contributed by atoms with Crippen LogP contribution in [0.2, 0.25) is 0 Å². The first-order chi connectivity index (χ1) is 7.40. The Kier molecular flexibility index (Phi) is 5.11. The van der Waals surface area contributed by atoms with Gasteiger partial charge in [-0.1, -0.05) is 10.3 Å². The molecule has 88 valence electrons. The molecule has 0 saturated carbocycles. The van der Waals surface area contributed by atoms with Crippen LogP contribution in [0.15, 0.2) is 15.7 Å². The van der Waals surface area contributed by atoms with Crippen molar-refractivity contribution in [1.82, 2.24) is 10.5 Å². The van der Waals surface area contributed by atoms with Crippen molar-refractivity contribution in [2.45, 2.75) is 25.3 Å². The molecule has 0 radical (unpaired) electrons. The lowest BCUT2D eigenvalue weighted by Gasteiger charge is -2.19. The number of nitrogens with zero attached hydrogens (tertiary/aromatic N) is 4. The predicted octanol–water partition coefficient (Wildman–Crippen LogP) is 2.37. The van der Waals surface area contributed by atoms with Crippen LogP contribution in [0.5, 0.6) is 0 Å². The molecule has 1 N–H and O–H groups in total. The first-order valence-corrected chi connectivity index (χ1v) is 5.07. The van der Waals surface area contributed by atoms with Crippen LogP contribution in [0.25, 0.3) is 10.4 Å². The monoisotopic (exact) mass is 243 g/mol. The van der Waals surface area contributed by atoms with E-state index >= 15 is 0 Å². The standard InChI is InChI=1S/C9H13N5O.ClH/c10-14-12-6-8-5-9(13-15-8)7-1-3-11-4-2-7;/h5,7,11H,1-4,6H2;1H. The van der Waals surface area contributed by atoms with E-state index in [0.717, 1.165) is 31.6 Å². The lowest BCUT2D eigenvalue weighted by molar-refractivity contribution is 0.362. The SMILES string of the molecule is Cl.[N-]=[N+]=NCc1cc(C2CCNCC2)no1. The highest BCUT2D eigenvalue weighted by Gasteiger charge is 2.18. The summed E-state index contributed by atoms with van der Waals surface area (Å²) in [5.74, 6) is 1.12. The highest BCUT2D eigenvalue weighted by atomic mass is 35.5. The maximum atomic E-state index is 8.17. The molecule has 1 fully saturated rings. The molecule has 7 heteroatoms. The van der Waals surface area contributed by atoms with E-state index < -0.39 is 0 Å². The Balaban J connectivity index is 0.00000128. The van der Waals surface area contributed by atoms with E-state index in [1.165, 1.54) is 0 Å². The number of hydrogen-bond acceptors (Lipinski definition) is 4. The van der Waals surface area contributed by atoms with Gasteiger partial charge in [0.25, 0.3) is 0 Å². The molecule has 0 atom stereocenters. The lowest BCUT2D eigenvalue weighted by atomic mass is 9.95. The van der Waals surface area contributed by atoms with Gasteiger partial charge in [-0.2, -0.15) is 0 Å². The molecule has 0 spiro atoms. The second-order valence-corrected chi connectivity index (χ2v) is 3.63. The zero-order valence-corrected chi connectivity index (χ0v) is 9.61. The number of halogens is 1. The number of azide groups is 1. The van der Waals surface area contributed by atoms with Gasteiger partial charge in [0, 0.05) is 16.9 Å². The third kappa shape index (κ3) is 3.13. The van der Waals surface area contributed by atoms with Crippen molar-refractivity contribution in [3.63, 3.8) is 0 Å². The Morgan fingerprint density at radius 1 is 1.56 bits per heavy atom. The summed E-state index contributed by atoms with van der Waals surface area (Å²) in [5.41, 5.74) is 9.16. The van der Waals surface area contributed by atoms with Gasteiger partial charge in [0.2, 0.25) is 0 Å². The Labute approximate surface area is 99.4 Å². The summed E-state index contributed by atoms with van der Waals surface area (Å²) in [6.45, 7) is 2.31. The Hall–Kier alpha value is -1.23. The molecule has 2 heterocycles. The van der Waals surface area contributed by atoms with Crippen molar-refractivity contribution in [3.8, 4) is 0 Å². The Morgan fingerprint density at radius 2 is 2.31 bits per heavy atom. The molecule has 0 unspecified atom stereocenters. The van der Waals surface area contributed by atoms with Crippen LogP contribution in [0.4, 0.5) is 0 Å². The summed E-state index contributed by atoms with van der Waals surface area (Å²) < 4.78 is 5.08. The second kappa shape index (κ2) is 6.37. The van der Waals surface area contributed by atoms with Crippen LogP contribution in [-0.4, -0.2) is 18.2 Å².